The highest BCUT2D eigenvalue weighted by molar-refractivity contribution is 5.78. The third-order valence-electron chi connectivity index (χ3n) is 3.30. The van der Waals surface area contributed by atoms with Crippen LogP contribution in [0.3, 0.4) is 0 Å². The van der Waals surface area contributed by atoms with Crippen LogP contribution in [0.15, 0.2) is 24.3 Å². The van der Waals surface area contributed by atoms with E-state index in [2.05, 4.69) is 17.3 Å². The van der Waals surface area contributed by atoms with Gasteiger partial charge in [-0.05, 0) is 37.6 Å². The Morgan fingerprint density at radius 3 is 2.67 bits per heavy atom. The van der Waals surface area contributed by atoms with E-state index in [-0.39, 0.29) is 5.91 Å². The first kappa shape index (κ1) is 12.9. The SMILES string of the molecule is CN(CCNC(=O)Cc1ccc(N)cc1)C1CC1. The quantitative estimate of drug-likeness (QED) is 0.738. The molecule has 0 unspecified atom stereocenters. The Bertz CT molecular complexity index is 398. The van der Waals surface area contributed by atoms with Crippen molar-refractivity contribution in [3.8, 4) is 0 Å². The summed E-state index contributed by atoms with van der Waals surface area (Å²) in [7, 11) is 2.11. The second-order valence-electron chi connectivity index (χ2n) is 4.98. The van der Waals surface area contributed by atoms with Gasteiger partial charge in [-0.15, -0.1) is 0 Å². The van der Waals surface area contributed by atoms with Gasteiger partial charge in [-0.25, -0.2) is 0 Å². The first-order valence-corrected chi connectivity index (χ1v) is 6.46. The molecule has 4 nitrogen and oxygen atoms in total. The zero-order valence-corrected chi connectivity index (χ0v) is 10.9. The van der Waals surface area contributed by atoms with Gasteiger partial charge in [0.2, 0.25) is 5.91 Å². The van der Waals surface area contributed by atoms with Crippen LogP contribution < -0.4 is 11.1 Å². The molecule has 1 saturated carbocycles. The smallest absolute Gasteiger partial charge is 0.224 e. The van der Waals surface area contributed by atoms with Crippen molar-refractivity contribution < 1.29 is 4.79 Å². The van der Waals surface area contributed by atoms with E-state index in [0.29, 0.717) is 6.42 Å². The maximum absolute atomic E-state index is 11.7. The molecule has 1 aliphatic rings. The molecule has 0 radical (unpaired) electrons. The zero-order chi connectivity index (χ0) is 13.0. The number of hydrogen-bond donors (Lipinski definition) is 2. The van der Waals surface area contributed by atoms with Crippen LogP contribution in [0, 0.1) is 0 Å². The minimum Gasteiger partial charge on any atom is -0.399 e. The Kier molecular flexibility index (Phi) is 4.20. The highest BCUT2D eigenvalue weighted by Gasteiger charge is 2.25. The van der Waals surface area contributed by atoms with E-state index in [1.54, 1.807) is 0 Å². The van der Waals surface area contributed by atoms with E-state index < -0.39 is 0 Å². The third kappa shape index (κ3) is 4.04. The number of likely N-dealkylation sites (N-methyl/N-ethyl adjacent to an activating group) is 1. The number of anilines is 1. The van der Waals surface area contributed by atoms with E-state index in [0.717, 1.165) is 30.4 Å². The maximum Gasteiger partial charge on any atom is 0.224 e. The predicted molar refractivity (Wildman–Crippen MR) is 73.2 cm³/mol. The second-order valence-corrected chi connectivity index (χ2v) is 4.98. The highest BCUT2D eigenvalue weighted by atomic mass is 16.1. The fourth-order valence-corrected chi connectivity index (χ4v) is 1.95. The van der Waals surface area contributed by atoms with E-state index >= 15 is 0 Å². The van der Waals surface area contributed by atoms with Gasteiger partial charge in [0.05, 0.1) is 6.42 Å². The number of benzene rings is 1. The lowest BCUT2D eigenvalue weighted by Gasteiger charge is -2.15. The van der Waals surface area contributed by atoms with Gasteiger partial charge in [0, 0.05) is 24.8 Å². The summed E-state index contributed by atoms with van der Waals surface area (Å²) in [5.41, 5.74) is 7.32. The molecule has 98 valence electrons. The minimum absolute atomic E-state index is 0.0731. The van der Waals surface area contributed by atoms with Crippen molar-refractivity contribution in [2.24, 2.45) is 0 Å². The summed E-state index contributed by atoms with van der Waals surface area (Å²) in [5.74, 6) is 0.0731. The lowest BCUT2D eigenvalue weighted by atomic mass is 10.1. The first-order chi connectivity index (χ1) is 8.65. The second kappa shape index (κ2) is 5.87. The number of rotatable bonds is 6. The fourth-order valence-electron chi connectivity index (χ4n) is 1.95. The number of carbonyl (C=O) groups is 1. The summed E-state index contributed by atoms with van der Waals surface area (Å²) in [6, 6.07) is 8.18. The average molecular weight is 247 g/mol. The zero-order valence-electron chi connectivity index (χ0n) is 10.9. The molecule has 3 N–H and O–H groups in total. The van der Waals surface area contributed by atoms with Gasteiger partial charge in [-0.1, -0.05) is 12.1 Å². The first-order valence-electron chi connectivity index (χ1n) is 6.46. The Labute approximate surface area is 108 Å². The summed E-state index contributed by atoms with van der Waals surface area (Å²) in [4.78, 5) is 14.0. The molecule has 0 spiro atoms. The number of nitrogens with one attached hydrogen (secondary N) is 1. The average Bonchev–Trinajstić information content (AvgIpc) is 3.16. The van der Waals surface area contributed by atoms with Gasteiger partial charge < -0.3 is 16.0 Å². The van der Waals surface area contributed by atoms with Crippen molar-refractivity contribution in [1.29, 1.82) is 0 Å². The van der Waals surface area contributed by atoms with E-state index in [1.165, 1.54) is 12.8 Å². The standard InChI is InChI=1S/C14H21N3O/c1-17(13-6-7-13)9-8-16-14(18)10-11-2-4-12(15)5-3-11/h2-5,13H,6-10,15H2,1H3,(H,16,18). The van der Waals surface area contributed by atoms with E-state index in [1.807, 2.05) is 24.3 Å². The topological polar surface area (TPSA) is 58.4 Å². The molecule has 1 fully saturated rings. The van der Waals surface area contributed by atoms with Crippen LogP contribution in [0.25, 0.3) is 0 Å². The summed E-state index contributed by atoms with van der Waals surface area (Å²) in [6.07, 6.45) is 3.03. The van der Waals surface area contributed by atoms with Crippen LogP contribution in [0.2, 0.25) is 0 Å². The van der Waals surface area contributed by atoms with E-state index in [9.17, 15) is 4.79 Å². The summed E-state index contributed by atoms with van der Waals surface area (Å²) >= 11 is 0. The molecule has 0 aromatic heterocycles. The molecule has 0 heterocycles. The number of nitrogens with two attached hydrogens (primary N) is 1. The van der Waals surface area contributed by atoms with Gasteiger partial charge in [0.1, 0.15) is 0 Å². The van der Waals surface area contributed by atoms with Gasteiger partial charge in [-0.2, -0.15) is 0 Å². The van der Waals surface area contributed by atoms with Crippen LogP contribution in [0.1, 0.15) is 18.4 Å². The fraction of sp³-hybridized carbons (Fsp3) is 0.500. The summed E-state index contributed by atoms with van der Waals surface area (Å²) in [5, 5.41) is 2.95. The number of nitrogens with zero attached hydrogens (tertiary/aromatic N) is 1. The van der Waals surface area contributed by atoms with Crippen molar-refractivity contribution in [1.82, 2.24) is 10.2 Å². The minimum atomic E-state index is 0.0731. The van der Waals surface area contributed by atoms with Crippen molar-refractivity contribution in [3.63, 3.8) is 0 Å². The highest BCUT2D eigenvalue weighted by Crippen LogP contribution is 2.24. The van der Waals surface area contributed by atoms with Gasteiger partial charge in [0.15, 0.2) is 0 Å². The Morgan fingerprint density at radius 2 is 2.06 bits per heavy atom. The molecule has 18 heavy (non-hydrogen) atoms. The van der Waals surface area contributed by atoms with Gasteiger partial charge in [0.25, 0.3) is 0 Å². The Morgan fingerprint density at radius 1 is 1.39 bits per heavy atom. The molecule has 4 heteroatoms. The van der Waals surface area contributed by atoms with Crippen LogP contribution in [0.5, 0.6) is 0 Å². The van der Waals surface area contributed by atoms with Crippen LogP contribution >= 0.6 is 0 Å². The molecule has 0 atom stereocenters. The molecule has 0 aliphatic heterocycles. The molecule has 1 amide bonds. The van der Waals surface area contributed by atoms with Gasteiger partial charge in [-0.3, -0.25) is 4.79 Å². The number of hydrogen-bond acceptors (Lipinski definition) is 3. The Hall–Kier alpha value is -1.55. The lowest BCUT2D eigenvalue weighted by Crippen LogP contribution is -2.34. The molecule has 1 aliphatic carbocycles. The summed E-state index contributed by atoms with van der Waals surface area (Å²) in [6.45, 7) is 1.65. The number of nitrogen functional groups attached to an aromatic ring is 1. The normalized spacial score (nSPS) is 14.8. The molecule has 2 rings (SSSR count). The molecule has 1 aromatic carbocycles. The van der Waals surface area contributed by atoms with Gasteiger partial charge >= 0.3 is 0 Å². The lowest BCUT2D eigenvalue weighted by molar-refractivity contribution is -0.120. The molecular formula is C14H21N3O. The number of amides is 1. The Balaban J connectivity index is 1.66. The molecule has 1 aromatic rings. The maximum atomic E-state index is 11.7. The van der Waals surface area contributed by atoms with Crippen LogP contribution in [-0.2, 0) is 11.2 Å². The van der Waals surface area contributed by atoms with E-state index in [4.69, 9.17) is 5.73 Å². The predicted octanol–water partition coefficient (Wildman–Crippen LogP) is 1.02. The number of carbonyl (C=O) groups excluding carboxylic acids is 1. The van der Waals surface area contributed by atoms with Crippen molar-refractivity contribution in [2.75, 3.05) is 25.9 Å². The monoisotopic (exact) mass is 247 g/mol. The largest absolute Gasteiger partial charge is 0.399 e. The molecular weight excluding hydrogens is 226 g/mol. The van der Waals surface area contributed by atoms with Crippen molar-refractivity contribution in [2.45, 2.75) is 25.3 Å². The molecule has 0 bridgehead atoms. The molecule has 0 saturated heterocycles. The summed E-state index contributed by atoms with van der Waals surface area (Å²) < 4.78 is 0. The third-order valence-corrected chi connectivity index (χ3v) is 3.30. The van der Waals surface area contributed by atoms with Crippen molar-refractivity contribution in [3.05, 3.63) is 29.8 Å². The van der Waals surface area contributed by atoms with Crippen LogP contribution in [0.4, 0.5) is 5.69 Å². The van der Waals surface area contributed by atoms with Crippen LogP contribution in [-0.4, -0.2) is 37.0 Å². The van der Waals surface area contributed by atoms with Crippen molar-refractivity contribution >= 4 is 11.6 Å².